The molecule has 116 valence electrons. The summed E-state index contributed by atoms with van der Waals surface area (Å²) < 4.78 is 0. The van der Waals surface area contributed by atoms with Gasteiger partial charge in [0.2, 0.25) is 5.91 Å². The highest BCUT2D eigenvalue weighted by atomic mass is 35.5. The fourth-order valence-corrected chi connectivity index (χ4v) is 3.06. The number of aryl methyl sites for hydroxylation is 1. The second kappa shape index (κ2) is 6.94. The Morgan fingerprint density at radius 3 is 2.57 bits per heavy atom. The maximum atomic E-state index is 12.1. The molecule has 2 aromatic carbocycles. The molecule has 0 fully saturated rings. The van der Waals surface area contributed by atoms with Crippen molar-refractivity contribution >= 4 is 34.5 Å². The van der Waals surface area contributed by atoms with Crippen LogP contribution >= 0.6 is 22.9 Å². The van der Waals surface area contributed by atoms with E-state index in [2.05, 4.69) is 10.3 Å². The molecule has 0 unspecified atom stereocenters. The number of aromatic nitrogens is 1. The molecule has 0 aliphatic heterocycles. The van der Waals surface area contributed by atoms with Crippen molar-refractivity contribution in [2.45, 2.75) is 13.3 Å². The molecular weight excluding hydrogens is 328 g/mol. The zero-order valence-electron chi connectivity index (χ0n) is 12.5. The van der Waals surface area contributed by atoms with Crippen LogP contribution in [0, 0.1) is 6.92 Å². The number of anilines is 1. The molecule has 0 saturated carbocycles. The van der Waals surface area contributed by atoms with Gasteiger partial charge in [-0.05, 0) is 30.7 Å². The maximum absolute atomic E-state index is 12.1. The van der Waals surface area contributed by atoms with Crippen LogP contribution in [-0.4, -0.2) is 10.9 Å². The third-order valence-corrected chi connectivity index (χ3v) is 4.53. The summed E-state index contributed by atoms with van der Waals surface area (Å²) >= 11 is 7.70. The van der Waals surface area contributed by atoms with Crippen LogP contribution < -0.4 is 5.32 Å². The normalized spacial score (nSPS) is 10.5. The average Bonchev–Trinajstić information content (AvgIpc) is 2.97. The fourth-order valence-electron chi connectivity index (χ4n) is 2.24. The molecule has 3 aromatic rings. The van der Waals surface area contributed by atoms with Crippen molar-refractivity contribution in [1.29, 1.82) is 0 Å². The van der Waals surface area contributed by atoms with Gasteiger partial charge in [0.1, 0.15) is 0 Å². The summed E-state index contributed by atoms with van der Waals surface area (Å²) in [5.74, 6) is -0.0876. The van der Waals surface area contributed by atoms with Crippen molar-refractivity contribution in [3.05, 3.63) is 69.5 Å². The highest BCUT2D eigenvalue weighted by Crippen LogP contribution is 2.23. The highest BCUT2D eigenvalue weighted by molar-refractivity contribution is 7.09. The van der Waals surface area contributed by atoms with Gasteiger partial charge in [-0.3, -0.25) is 4.79 Å². The van der Waals surface area contributed by atoms with Crippen molar-refractivity contribution in [2.24, 2.45) is 0 Å². The van der Waals surface area contributed by atoms with Crippen molar-refractivity contribution in [2.75, 3.05) is 5.32 Å². The molecule has 1 N–H and O–H groups in total. The van der Waals surface area contributed by atoms with Gasteiger partial charge in [-0.2, -0.15) is 0 Å². The van der Waals surface area contributed by atoms with E-state index in [-0.39, 0.29) is 12.3 Å². The van der Waals surface area contributed by atoms with Gasteiger partial charge in [-0.25, -0.2) is 4.98 Å². The van der Waals surface area contributed by atoms with E-state index in [1.54, 1.807) is 17.4 Å². The van der Waals surface area contributed by atoms with E-state index in [4.69, 9.17) is 11.6 Å². The van der Waals surface area contributed by atoms with Gasteiger partial charge in [0.15, 0.2) is 0 Å². The van der Waals surface area contributed by atoms with Crippen molar-refractivity contribution in [1.82, 2.24) is 4.98 Å². The van der Waals surface area contributed by atoms with Crippen LogP contribution in [0.25, 0.3) is 11.3 Å². The number of carbonyl (C=O) groups is 1. The Bertz CT molecular complexity index is 827. The topological polar surface area (TPSA) is 42.0 Å². The first kappa shape index (κ1) is 15.7. The molecule has 5 heteroatoms. The first-order valence-corrected chi connectivity index (χ1v) is 8.43. The number of benzene rings is 2. The zero-order chi connectivity index (χ0) is 16.2. The van der Waals surface area contributed by atoms with Crippen LogP contribution in [0.1, 0.15) is 10.6 Å². The van der Waals surface area contributed by atoms with E-state index < -0.39 is 0 Å². The number of hydrogen-bond acceptors (Lipinski definition) is 3. The molecule has 0 radical (unpaired) electrons. The molecule has 0 spiro atoms. The number of halogens is 1. The maximum Gasteiger partial charge on any atom is 0.228 e. The Kier molecular flexibility index (Phi) is 4.74. The molecule has 3 rings (SSSR count). The minimum Gasteiger partial charge on any atom is -0.326 e. The van der Waals surface area contributed by atoms with Crippen LogP contribution in [0.15, 0.2) is 53.9 Å². The van der Waals surface area contributed by atoms with Gasteiger partial charge in [0.05, 0.1) is 17.1 Å². The number of nitrogens with zero attached hydrogens (tertiary/aromatic N) is 1. The Morgan fingerprint density at radius 1 is 1.17 bits per heavy atom. The lowest BCUT2D eigenvalue weighted by Crippen LogP contribution is -2.14. The molecule has 0 bridgehead atoms. The zero-order valence-corrected chi connectivity index (χ0v) is 14.1. The lowest BCUT2D eigenvalue weighted by atomic mass is 10.1. The molecule has 23 heavy (non-hydrogen) atoms. The second-order valence-electron chi connectivity index (χ2n) is 5.15. The number of rotatable bonds is 4. The van der Waals surface area contributed by atoms with E-state index in [0.29, 0.717) is 5.02 Å². The summed E-state index contributed by atoms with van der Waals surface area (Å²) in [5, 5.41) is 6.56. The van der Waals surface area contributed by atoms with Gasteiger partial charge in [0, 0.05) is 21.7 Å². The lowest BCUT2D eigenvalue weighted by molar-refractivity contribution is -0.115. The molecule has 1 amide bonds. The van der Waals surface area contributed by atoms with Gasteiger partial charge in [-0.15, -0.1) is 11.3 Å². The molecule has 0 saturated heterocycles. The smallest absolute Gasteiger partial charge is 0.228 e. The van der Waals surface area contributed by atoms with Gasteiger partial charge < -0.3 is 5.32 Å². The number of nitrogens with one attached hydrogen (secondary N) is 1. The second-order valence-corrected chi connectivity index (χ2v) is 6.61. The van der Waals surface area contributed by atoms with E-state index in [0.717, 1.165) is 27.5 Å². The number of carbonyl (C=O) groups excluding carboxylic acids is 1. The molecule has 0 atom stereocenters. The lowest BCUT2D eigenvalue weighted by Gasteiger charge is -2.07. The summed E-state index contributed by atoms with van der Waals surface area (Å²) in [6, 6.07) is 15.1. The summed E-state index contributed by atoms with van der Waals surface area (Å²) in [7, 11) is 0. The third kappa shape index (κ3) is 3.97. The van der Waals surface area contributed by atoms with Gasteiger partial charge in [0.25, 0.3) is 0 Å². The van der Waals surface area contributed by atoms with E-state index in [1.165, 1.54) is 0 Å². The number of hydrogen-bond donors (Lipinski definition) is 1. The number of thiazole rings is 1. The molecule has 1 aromatic heterocycles. The van der Waals surface area contributed by atoms with E-state index >= 15 is 0 Å². The third-order valence-electron chi connectivity index (χ3n) is 3.39. The van der Waals surface area contributed by atoms with Crippen molar-refractivity contribution < 1.29 is 4.79 Å². The summed E-state index contributed by atoms with van der Waals surface area (Å²) in [4.78, 5) is 16.6. The quantitative estimate of drug-likeness (QED) is 0.728. The SMILES string of the molecule is Cc1nc(-c2ccc(NC(=O)Cc3ccccc3Cl)cc2)cs1. The number of amides is 1. The first-order valence-electron chi connectivity index (χ1n) is 7.17. The molecular formula is C18H15ClN2OS. The largest absolute Gasteiger partial charge is 0.326 e. The molecule has 3 nitrogen and oxygen atoms in total. The van der Waals surface area contributed by atoms with Crippen molar-refractivity contribution in [3.8, 4) is 11.3 Å². The molecule has 0 aliphatic rings. The predicted molar refractivity (Wildman–Crippen MR) is 96.1 cm³/mol. The van der Waals surface area contributed by atoms with Crippen LogP contribution in [0.3, 0.4) is 0 Å². The van der Waals surface area contributed by atoms with E-state index in [1.807, 2.05) is 54.8 Å². The van der Waals surface area contributed by atoms with Crippen LogP contribution in [0.2, 0.25) is 5.02 Å². The first-order chi connectivity index (χ1) is 11.1. The summed E-state index contributed by atoms with van der Waals surface area (Å²) in [6.45, 7) is 1.98. The highest BCUT2D eigenvalue weighted by Gasteiger charge is 2.08. The predicted octanol–water partition coefficient (Wildman–Crippen LogP) is 4.95. The monoisotopic (exact) mass is 342 g/mol. The summed E-state index contributed by atoms with van der Waals surface area (Å²) in [5.41, 5.74) is 3.58. The average molecular weight is 343 g/mol. The van der Waals surface area contributed by atoms with Crippen molar-refractivity contribution in [3.63, 3.8) is 0 Å². The standard InChI is InChI=1S/C18H15ClN2OS/c1-12-20-17(11-23-12)13-6-8-15(9-7-13)21-18(22)10-14-4-2-3-5-16(14)19/h2-9,11H,10H2,1H3,(H,21,22). The fraction of sp³-hybridized carbons (Fsp3) is 0.111. The molecule has 0 aliphatic carbocycles. The van der Waals surface area contributed by atoms with Crippen LogP contribution in [-0.2, 0) is 11.2 Å². The Morgan fingerprint density at radius 2 is 1.91 bits per heavy atom. The van der Waals surface area contributed by atoms with E-state index in [9.17, 15) is 4.79 Å². The summed E-state index contributed by atoms with van der Waals surface area (Å²) in [6.07, 6.45) is 0.257. The van der Waals surface area contributed by atoms with Gasteiger partial charge in [-0.1, -0.05) is 41.9 Å². The van der Waals surface area contributed by atoms with Gasteiger partial charge >= 0.3 is 0 Å². The van der Waals surface area contributed by atoms with Crippen LogP contribution in [0.4, 0.5) is 5.69 Å². The minimum absolute atomic E-state index is 0.0876. The Hall–Kier alpha value is -2.17. The minimum atomic E-state index is -0.0876. The molecule has 1 heterocycles. The Labute approximate surface area is 144 Å². The van der Waals surface area contributed by atoms with Crippen LogP contribution in [0.5, 0.6) is 0 Å². The Balaban J connectivity index is 1.66.